The Morgan fingerprint density at radius 3 is 2.53 bits per heavy atom. The molecule has 3 aliphatic rings. The minimum Gasteiger partial charge on any atom is -0.472 e. The lowest BCUT2D eigenvalue weighted by Crippen LogP contribution is -2.66. The molecule has 166 valence electrons. The lowest BCUT2D eigenvalue weighted by molar-refractivity contribution is -0.231. The van der Waals surface area contributed by atoms with Gasteiger partial charge in [-0.25, -0.2) is 0 Å². The fourth-order valence-electron chi connectivity index (χ4n) is 7.51. The van der Waals surface area contributed by atoms with Gasteiger partial charge in [0.2, 0.25) is 0 Å². The lowest BCUT2D eigenvalue weighted by atomic mass is 9.40. The molecule has 6 nitrogen and oxygen atoms in total. The average molecular weight is 419 g/mol. The zero-order valence-corrected chi connectivity index (χ0v) is 18.7. The number of hydrogen-bond donors (Lipinski definition) is 1. The highest BCUT2D eigenvalue weighted by Gasteiger charge is 2.66. The lowest BCUT2D eigenvalue weighted by Gasteiger charge is -2.65. The molecule has 1 heterocycles. The van der Waals surface area contributed by atoms with Gasteiger partial charge >= 0.3 is 11.9 Å². The van der Waals surface area contributed by atoms with Crippen LogP contribution in [0.15, 0.2) is 16.9 Å². The molecule has 0 spiro atoms. The molecule has 1 N–H and O–H groups in total. The Bertz CT molecular complexity index is 845. The molecule has 3 aliphatic carbocycles. The molecular weight excluding hydrogens is 384 g/mol. The van der Waals surface area contributed by atoms with Gasteiger partial charge in [0.05, 0.1) is 25.2 Å². The van der Waals surface area contributed by atoms with Gasteiger partial charge in [-0.15, -0.1) is 0 Å². The minimum atomic E-state index is -0.878. The van der Waals surface area contributed by atoms with Crippen molar-refractivity contribution in [2.24, 2.45) is 22.7 Å². The van der Waals surface area contributed by atoms with Crippen LogP contribution in [-0.2, 0) is 30.9 Å². The fourth-order valence-corrected chi connectivity index (χ4v) is 7.51. The maximum Gasteiger partial charge on any atom is 0.302 e. The zero-order chi connectivity index (χ0) is 21.9. The highest BCUT2D eigenvalue weighted by Crippen LogP contribution is 2.67. The fraction of sp³-hybridized carbons (Fsp3) is 0.750. The number of rotatable bonds is 3. The van der Waals surface area contributed by atoms with E-state index in [9.17, 15) is 14.7 Å². The first-order chi connectivity index (χ1) is 14.0. The van der Waals surface area contributed by atoms with E-state index in [0.29, 0.717) is 12.3 Å². The third kappa shape index (κ3) is 3.02. The van der Waals surface area contributed by atoms with Crippen LogP contribution in [0.3, 0.4) is 0 Å². The summed E-state index contributed by atoms with van der Waals surface area (Å²) in [6.45, 7) is 9.52. The standard InChI is InChI=1S/C24H34O6/c1-14(25)29-13-24(5)20-8-9-22(3)17-12-28-11-16(17)6-7-19(22)23(20,4)10-18(21(24)27)30-15(2)26/h11-12,18-21,27H,6-10,13H2,1-5H3. The number of hydrogen-bond acceptors (Lipinski definition) is 6. The Balaban J connectivity index is 1.77. The quantitative estimate of drug-likeness (QED) is 0.752. The predicted molar refractivity (Wildman–Crippen MR) is 110 cm³/mol. The summed E-state index contributed by atoms with van der Waals surface area (Å²) < 4.78 is 16.7. The van der Waals surface area contributed by atoms with Crippen LogP contribution in [0.4, 0.5) is 0 Å². The average Bonchev–Trinajstić information content (AvgIpc) is 3.14. The van der Waals surface area contributed by atoms with Crippen LogP contribution < -0.4 is 0 Å². The molecule has 7 atom stereocenters. The Hall–Kier alpha value is -1.82. The van der Waals surface area contributed by atoms with E-state index < -0.39 is 23.6 Å². The summed E-state index contributed by atoms with van der Waals surface area (Å²) in [7, 11) is 0. The molecule has 0 saturated heterocycles. The monoisotopic (exact) mass is 418 g/mol. The van der Waals surface area contributed by atoms with Gasteiger partial charge in [-0.2, -0.15) is 0 Å². The summed E-state index contributed by atoms with van der Waals surface area (Å²) in [6, 6.07) is 0. The van der Waals surface area contributed by atoms with Crippen molar-refractivity contribution in [1.29, 1.82) is 0 Å². The molecule has 0 amide bonds. The van der Waals surface area contributed by atoms with Gasteiger partial charge in [0.15, 0.2) is 0 Å². The van der Waals surface area contributed by atoms with E-state index in [-0.39, 0.29) is 29.3 Å². The van der Waals surface area contributed by atoms with Crippen molar-refractivity contribution >= 4 is 11.9 Å². The summed E-state index contributed by atoms with van der Waals surface area (Å²) in [6.07, 6.45) is 6.81. The number of carbonyl (C=O) groups is 2. The number of aliphatic hydroxyl groups is 1. The number of furan rings is 1. The normalized spacial score (nSPS) is 42.5. The van der Waals surface area contributed by atoms with E-state index in [1.165, 1.54) is 25.0 Å². The molecule has 30 heavy (non-hydrogen) atoms. The molecule has 7 unspecified atom stereocenters. The number of ether oxygens (including phenoxy) is 2. The second kappa shape index (κ2) is 7.11. The van der Waals surface area contributed by atoms with Crippen molar-refractivity contribution in [3.05, 3.63) is 23.7 Å². The Morgan fingerprint density at radius 2 is 1.87 bits per heavy atom. The third-order valence-corrected chi connectivity index (χ3v) is 8.74. The van der Waals surface area contributed by atoms with Gasteiger partial charge in [-0.1, -0.05) is 20.8 Å². The number of aliphatic hydroxyl groups excluding tert-OH is 1. The van der Waals surface area contributed by atoms with Crippen LogP contribution in [0.25, 0.3) is 0 Å². The van der Waals surface area contributed by atoms with Gasteiger partial charge in [0, 0.05) is 19.3 Å². The van der Waals surface area contributed by atoms with E-state index in [1.807, 2.05) is 19.5 Å². The van der Waals surface area contributed by atoms with Crippen LogP contribution in [0.5, 0.6) is 0 Å². The molecule has 0 radical (unpaired) electrons. The molecular formula is C24H34O6. The Morgan fingerprint density at radius 1 is 1.13 bits per heavy atom. The maximum atomic E-state index is 11.8. The van der Waals surface area contributed by atoms with Gasteiger partial charge in [0.1, 0.15) is 6.10 Å². The Labute approximate surface area is 178 Å². The van der Waals surface area contributed by atoms with Crippen molar-refractivity contribution in [1.82, 2.24) is 0 Å². The van der Waals surface area contributed by atoms with E-state index in [1.54, 1.807) is 0 Å². The van der Waals surface area contributed by atoms with Crippen LogP contribution >= 0.6 is 0 Å². The summed E-state index contributed by atoms with van der Waals surface area (Å²) in [4.78, 5) is 23.5. The van der Waals surface area contributed by atoms with Crippen LogP contribution in [0, 0.1) is 22.7 Å². The summed E-state index contributed by atoms with van der Waals surface area (Å²) >= 11 is 0. The first-order valence-electron chi connectivity index (χ1n) is 11.1. The third-order valence-electron chi connectivity index (χ3n) is 8.74. The highest BCUT2D eigenvalue weighted by atomic mass is 16.6. The van der Waals surface area contributed by atoms with E-state index in [4.69, 9.17) is 13.9 Å². The summed E-state index contributed by atoms with van der Waals surface area (Å²) in [5.41, 5.74) is 1.73. The van der Waals surface area contributed by atoms with Crippen LogP contribution in [0.1, 0.15) is 71.4 Å². The van der Waals surface area contributed by atoms with E-state index in [2.05, 4.69) is 13.8 Å². The molecule has 1 aromatic heterocycles. The number of carbonyl (C=O) groups excluding carboxylic acids is 2. The minimum absolute atomic E-state index is 0.0166. The second-order valence-corrected chi connectivity index (χ2v) is 10.5. The SMILES string of the molecule is CC(=O)OCC1(C)C(O)C(OC(C)=O)CC2(C)C3CCc4cocc4C3(C)CCC12. The molecule has 1 aromatic rings. The molecule has 0 bridgehead atoms. The molecule has 2 saturated carbocycles. The van der Waals surface area contributed by atoms with Crippen LogP contribution in [0.2, 0.25) is 0 Å². The molecule has 6 heteroatoms. The smallest absolute Gasteiger partial charge is 0.302 e. The Kier molecular flexibility index (Phi) is 5.08. The van der Waals surface area contributed by atoms with Gasteiger partial charge < -0.3 is 19.0 Å². The topological polar surface area (TPSA) is 86.0 Å². The maximum absolute atomic E-state index is 11.8. The largest absolute Gasteiger partial charge is 0.472 e. The predicted octanol–water partition coefficient (Wildman–Crippen LogP) is 3.78. The van der Waals surface area contributed by atoms with Crippen molar-refractivity contribution in [3.8, 4) is 0 Å². The van der Waals surface area contributed by atoms with Crippen LogP contribution in [-0.4, -0.2) is 35.9 Å². The highest BCUT2D eigenvalue weighted by molar-refractivity contribution is 5.66. The van der Waals surface area contributed by atoms with Gasteiger partial charge in [0.25, 0.3) is 0 Å². The van der Waals surface area contributed by atoms with Crippen molar-refractivity contribution in [2.45, 2.75) is 84.3 Å². The number of fused-ring (bicyclic) bond motifs is 5. The number of aryl methyl sites for hydroxylation is 1. The van der Waals surface area contributed by atoms with Gasteiger partial charge in [-0.05, 0) is 65.9 Å². The molecule has 2 fully saturated rings. The second-order valence-electron chi connectivity index (χ2n) is 10.5. The number of esters is 2. The summed E-state index contributed by atoms with van der Waals surface area (Å²) in [5.74, 6) is -0.245. The first-order valence-corrected chi connectivity index (χ1v) is 11.1. The van der Waals surface area contributed by atoms with Crippen molar-refractivity contribution in [3.63, 3.8) is 0 Å². The van der Waals surface area contributed by atoms with Gasteiger partial charge in [-0.3, -0.25) is 9.59 Å². The van der Waals surface area contributed by atoms with Crippen molar-refractivity contribution in [2.75, 3.05) is 6.61 Å². The van der Waals surface area contributed by atoms with E-state index in [0.717, 1.165) is 25.7 Å². The van der Waals surface area contributed by atoms with Crippen molar-refractivity contribution < 1.29 is 28.6 Å². The zero-order valence-electron chi connectivity index (χ0n) is 18.7. The van der Waals surface area contributed by atoms with E-state index >= 15 is 0 Å². The molecule has 0 aromatic carbocycles. The molecule has 0 aliphatic heterocycles. The summed E-state index contributed by atoms with van der Waals surface area (Å²) in [5, 5.41) is 11.3. The molecule has 4 rings (SSSR count). The first kappa shape index (κ1) is 21.4.